The molecule has 0 saturated carbocycles. The molecule has 5 heteroatoms. The third-order valence-electron chi connectivity index (χ3n) is 3.19. The summed E-state index contributed by atoms with van der Waals surface area (Å²) in [6.07, 6.45) is 3.77. The highest BCUT2D eigenvalue weighted by Crippen LogP contribution is 2.24. The van der Waals surface area contributed by atoms with Crippen molar-refractivity contribution >= 4 is 44.5 Å². The van der Waals surface area contributed by atoms with E-state index in [1.54, 1.807) is 0 Å². The maximum atomic E-state index is 4.47. The molecule has 0 aliphatic carbocycles. The third kappa shape index (κ3) is 2.44. The maximum absolute atomic E-state index is 4.47. The summed E-state index contributed by atoms with van der Waals surface area (Å²) in [4.78, 5) is 11.1. The minimum absolute atomic E-state index is 0.939. The number of pyridine rings is 1. The van der Waals surface area contributed by atoms with Gasteiger partial charge in [0, 0.05) is 22.0 Å². The Labute approximate surface area is 125 Å². The fraction of sp³-hybridized carbons (Fsp3) is 0.286. The molecular weight excluding hydrogens is 351 g/mol. The van der Waals surface area contributed by atoms with Crippen molar-refractivity contribution in [1.82, 2.24) is 19.4 Å². The summed E-state index contributed by atoms with van der Waals surface area (Å²) in [5.41, 5.74) is 3.18. The standard InChI is InChI=1S/C14H15IN4/c1-18(2)5-6-19-9-17-13-8-16-12-4-3-10(15)7-11(12)14(13)19/h3-4,7-9H,5-6H2,1-2H3. The van der Waals surface area contributed by atoms with E-state index in [4.69, 9.17) is 0 Å². The fourth-order valence-corrected chi connectivity index (χ4v) is 2.69. The minimum Gasteiger partial charge on any atom is -0.329 e. The summed E-state index contributed by atoms with van der Waals surface area (Å²) < 4.78 is 3.44. The van der Waals surface area contributed by atoms with Gasteiger partial charge in [-0.05, 0) is 54.9 Å². The van der Waals surface area contributed by atoms with Crippen molar-refractivity contribution in [2.45, 2.75) is 6.54 Å². The molecule has 4 nitrogen and oxygen atoms in total. The van der Waals surface area contributed by atoms with Crippen LogP contribution in [0, 0.1) is 3.57 Å². The number of benzene rings is 1. The van der Waals surface area contributed by atoms with Gasteiger partial charge >= 0.3 is 0 Å². The molecule has 1 aromatic carbocycles. The second kappa shape index (κ2) is 5.05. The van der Waals surface area contributed by atoms with Crippen LogP contribution < -0.4 is 0 Å². The number of hydrogen-bond donors (Lipinski definition) is 0. The second-order valence-electron chi connectivity index (χ2n) is 4.89. The summed E-state index contributed by atoms with van der Waals surface area (Å²) in [7, 11) is 4.17. The Hall–Kier alpha value is -1.21. The van der Waals surface area contributed by atoms with Gasteiger partial charge in [0.25, 0.3) is 0 Å². The predicted octanol–water partition coefficient (Wildman–Crippen LogP) is 2.75. The highest BCUT2D eigenvalue weighted by molar-refractivity contribution is 14.1. The van der Waals surface area contributed by atoms with Gasteiger partial charge in [0.15, 0.2) is 0 Å². The van der Waals surface area contributed by atoms with Crippen LogP contribution in [-0.4, -0.2) is 40.1 Å². The van der Waals surface area contributed by atoms with Crippen molar-refractivity contribution < 1.29 is 0 Å². The first-order valence-corrected chi connectivity index (χ1v) is 7.27. The number of fused-ring (bicyclic) bond motifs is 3. The van der Waals surface area contributed by atoms with Gasteiger partial charge < -0.3 is 9.47 Å². The molecule has 98 valence electrons. The smallest absolute Gasteiger partial charge is 0.107 e. The lowest BCUT2D eigenvalue weighted by Crippen LogP contribution is -2.18. The molecule has 0 aliphatic rings. The quantitative estimate of drug-likeness (QED) is 0.669. The Morgan fingerprint density at radius 2 is 2.05 bits per heavy atom. The summed E-state index contributed by atoms with van der Waals surface area (Å²) >= 11 is 2.34. The first-order chi connectivity index (χ1) is 9.15. The SMILES string of the molecule is CN(C)CCn1cnc2cnc3ccc(I)cc3c21. The molecule has 0 aliphatic heterocycles. The van der Waals surface area contributed by atoms with Crippen LogP contribution >= 0.6 is 22.6 Å². The molecule has 3 aromatic rings. The van der Waals surface area contributed by atoms with E-state index in [1.165, 1.54) is 14.5 Å². The molecule has 2 heterocycles. The Balaban J connectivity index is 2.20. The number of likely N-dealkylation sites (N-methyl/N-ethyl adjacent to an activating group) is 1. The van der Waals surface area contributed by atoms with E-state index in [9.17, 15) is 0 Å². The highest BCUT2D eigenvalue weighted by atomic mass is 127. The van der Waals surface area contributed by atoms with E-state index < -0.39 is 0 Å². The molecule has 0 N–H and O–H groups in total. The van der Waals surface area contributed by atoms with E-state index >= 15 is 0 Å². The van der Waals surface area contributed by atoms with Crippen molar-refractivity contribution in [2.75, 3.05) is 20.6 Å². The Morgan fingerprint density at radius 1 is 1.21 bits per heavy atom. The van der Waals surface area contributed by atoms with Gasteiger partial charge in [0.05, 0.1) is 23.6 Å². The molecule has 0 radical (unpaired) electrons. The number of imidazole rings is 1. The Kier molecular flexibility index (Phi) is 3.40. The van der Waals surface area contributed by atoms with Gasteiger partial charge in [0.1, 0.15) is 5.52 Å². The highest BCUT2D eigenvalue weighted by Gasteiger charge is 2.08. The molecule has 0 fully saturated rings. The van der Waals surface area contributed by atoms with Crippen LogP contribution in [0.1, 0.15) is 0 Å². The van der Waals surface area contributed by atoms with Crippen molar-refractivity contribution in [3.8, 4) is 0 Å². The Bertz CT molecular complexity index is 733. The van der Waals surface area contributed by atoms with Crippen LogP contribution in [0.2, 0.25) is 0 Å². The van der Waals surface area contributed by atoms with E-state index in [0.29, 0.717) is 0 Å². The maximum Gasteiger partial charge on any atom is 0.107 e. The van der Waals surface area contributed by atoms with Gasteiger partial charge in [-0.1, -0.05) is 0 Å². The van der Waals surface area contributed by atoms with E-state index in [-0.39, 0.29) is 0 Å². The zero-order chi connectivity index (χ0) is 13.4. The number of hydrogen-bond acceptors (Lipinski definition) is 3. The number of rotatable bonds is 3. The lowest BCUT2D eigenvalue weighted by Gasteiger charge is -2.11. The van der Waals surface area contributed by atoms with Crippen molar-refractivity contribution in [2.24, 2.45) is 0 Å². The second-order valence-corrected chi connectivity index (χ2v) is 6.14. The normalized spacial score (nSPS) is 11.8. The average molecular weight is 366 g/mol. The molecule has 3 rings (SSSR count). The molecule has 0 amide bonds. The van der Waals surface area contributed by atoms with E-state index in [0.717, 1.165) is 24.1 Å². The largest absolute Gasteiger partial charge is 0.329 e. The van der Waals surface area contributed by atoms with Crippen LogP contribution in [-0.2, 0) is 6.54 Å². The monoisotopic (exact) mass is 366 g/mol. The Morgan fingerprint density at radius 3 is 2.84 bits per heavy atom. The molecule has 0 atom stereocenters. The van der Waals surface area contributed by atoms with Crippen LogP contribution in [0.15, 0.2) is 30.7 Å². The molecule has 0 saturated heterocycles. The van der Waals surface area contributed by atoms with Crippen molar-refractivity contribution in [3.05, 3.63) is 34.3 Å². The molecular formula is C14H15IN4. The van der Waals surface area contributed by atoms with Gasteiger partial charge in [0.2, 0.25) is 0 Å². The molecule has 0 spiro atoms. The summed E-state index contributed by atoms with van der Waals surface area (Å²) in [6, 6.07) is 6.33. The summed E-state index contributed by atoms with van der Waals surface area (Å²) in [5.74, 6) is 0. The number of aromatic nitrogens is 3. The number of halogens is 1. The van der Waals surface area contributed by atoms with Gasteiger partial charge in [-0.15, -0.1) is 0 Å². The van der Waals surface area contributed by atoms with Crippen LogP contribution in [0.5, 0.6) is 0 Å². The van der Waals surface area contributed by atoms with Gasteiger partial charge in [-0.3, -0.25) is 4.98 Å². The number of nitrogens with zero attached hydrogens (tertiary/aromatic N) is 4. The predicted molar refractivity (Wildman–Crippen MR) is 86.3 cm³/mol. The molecule has 19 heavy (non-hydrogen) atoms. The molecule has 0 unspecified atom stereocenters. The lowest BCUT2D eigenvalue weighted by atomic mass is 10.2. The van der Waals surface area contributed by atoms with Crippen molar-refractivity contribution in [1.29, 1.82) is 0 Å². The van der Waals surface area contributed by atoms with E-state index in [2.05, 4.69) is 74.3 Å². The zero-order valence-electron chi connectivity index (χ0n) is 11.0. The molecule has 0 bridgehead atoms. The minimum atomic E-state index is 0.939. The lowest BCUT2D eigenvalue weighted by molar-refractivity contribution is 0.386. The van der Waals surface area contributed by atoms with Crippen LogP contribution in [0.3, 0.4) is 0 Å². The average Bonchev–Trinajstić information content (AvgIpc) is 2.79. The third-order valence-corrected chi connectivity index (χ3v) is 3.86. The van der Waals surface area contributed by atoms with Crippen LogP contribution in [0.4, 0.5) is 0 Å². The first-order valence-electron chi connectivity index (χ1n) is 6.19. The topological polar surface area (TPSA) is 34.0 Å². The summed E-state index contributed by atoms with van der Waals surface area (Å²) in [6.45, 7) is 1.94. The summed E-state index contributed by atoms with van der Waals surface area (Å²) in [5, 5.41) is 1.18. The van der Waals surface area contributed by atoms with E-state index in [1.807, 2.05) is 12.5 Å². The van der Waals surface area contributed by atoms with Gasteiger partial charge in [-0.2, -0.15) is 0 Å². The fourth-order valence-electron chi connectivity index (χ4n) is 2.20. The first kappa shape index (κ1) is 12.8. The van der Waals surface area contributed by atoms with Crippen molar-refractivity contribution in [3.63, 3.8) is 0 Å². The van der Waals surface area contributed by atoms with Crippen LogP contribution in [0.25, 0.3) is 21.9 Å². The molecule has 2 aromatic heterocycles. The van der Waals surface area contributed by atoms with Gasteiger partial charge in [-0.25, -0.2) is 4.98 Å². The zero-order valence-corrected chi connectivity index (χ0v) is 13.1.